The molecule has 2 rings (SSSR count). The average molecular weight is 339 g/mol. The number of para-hydroxylation sites is 1. The zero-order chi connectivity index (χ0) is 18.3. The summed E-state index contributed by atoms with van der Waals surface area (Å²) in [7, 11) is 0. The van der Waals surface area contributed by atoms with Crippen LogP contribution >= 0.6 is 0 Å². The molecule has 0 aliphatic rings. The van der Waals surface area contributed by atoms with E-state index in [0.29, 0.717) is 5.69 Å². The van der Waals surface area contributed by atoms with Crippen LogP contribution < -0.4 is 16.0 Å². The van der Waals surface area contributed by atoms with Gasteiger partial charge in [-0.15, -0.1) is 0 Å². The largest absolute Gasteiger partial charge is 0.337 e. The van der Waals surface area contributed by atoms with Crippen LogP contribution in [0.5, 0.6) is 0 Å². The molecule has 0 bridgehead atoms. The Morgan fingerprint density at radius 3 is 2.04 bits per heavy atom. The van der Waals surface area contributed by atoms with E-state index in [1.54, 1.807) is 12.1 Å². The molecule has 2 aromatic rings. The van der Waals surface area contributed by atoms with Gasteiger partial charge < -0.3 is 16.0 Å². The third-order valence-electron chi connectivity index (χ3n) is 3.70. The Morgan fingerprint density at radius 1 is 0.840 bits per heavy atom. The number of hydrogen-bond acceptors (Lipinski definition) is 2. The Hall–Kier alpha value is -2.82. The lowest BCUT2D eigenvalue weighted by molar-refractivity contribution is -0.116. The second-order valence-electron chi connectivity index (χ2n) is 6.87. The molecule has 0 heterocycles. The van der Waals surface area contributed by atoms with Crippen LogP contribution in [0, 0.1) is 0 Å². The van der Waals surface area contributed by atoms with E-state index in [1.165, 1.54) is 5.56 Å². The van der Waals surface area contributed by atoms with Crippen LogP contribution in [-0.4, -0.2) is 18.5 Å². The molecule has 0 saturated heterocycles. The molecule has 0 atom stereocenters. The first-order valence-corrected chi connectivity index (χ1v) is 8.35. The van der Waals surface area contributed by atoms with E-state index >= 15 is 0 Å². The van der Waals surface area contributed by atoms with E-state index < -0.39 is 0 Å². The Labute approximate surface area is 148 Å². The molecule has 0 aliphatic carbocycles. The first-order valence-electron chi connectivity index (χ1n) is 8.35. The molecule has 0 aromatic heterocycles. The summed E-state index contributed by atoms with van der Waals surface area (Å²) >= 11 is 0. The summed E-state index contributed by atoms with van der Waals surface area (Å²) in [6.07, 6.45) is 0.212. The van der Waals surface area contributed by atoms with Crippen molar-refractivity contribution in [1.29, 1.82) is 0 Å². The number of benzene rings is 2. The second-order valence-corrected chi connectivity index (χ2v) is 6.87. The maximum Gasteiger partial charge on any atom is 0.319 e. The van der Waals surface area contributed by atoms with Gasteiger partial charge in [-0.3, -0.25) is 4.79 Å². The zero-order valence-corrected chi connectivity index (χ0v) is 14.9. The molecule has 0 aliphatic heterocycles. The lowest BCUT2D eigenvalue weighted by Gasteiger charge is -2.19. The van der Waals surface area contributed by atoms with E-state index in [-0.39, 0.29) is 30.3 Å². The highest BCUT2D eigenvalue weighted by atomic mass is 16.2. The topological polar surface area (TPSA) is 70.2 Å². The Kier molecular flexibility index (Phi) is 6.17. The molecule has 0 unspecified atom stereocenters. The Balaban J connectivity index is 1.72. The second kappa shape index (κ2) is 8.33. The van der Waals surface area contributed by atoms with Crippen LogP contribution in [0.25, 0.3) is 0 Å². The molecular weight excluding hydrogens is 314 g/mol. The smallest absolute Gasteiger partial charge is 0.319 e. The minimum Gasteiger partial charge on any atom is -0.337 e. The van der Waals surface area contributed by atoms with Crippen molar-refractivity contribution in [3.05, 3.63) is 60.2 Å². The molecule has 0 fully saturated rings. The molecule has 0 spiro atoms. The van der Waals surface area contributed by atoms with E-state index in [2.05, 4.69) is 36.7 Å². The van der Waals surface area contributed by atoms with Gasteiger partial charge in [0.15, 0.2) is 0 Å². The van der Waals surface area contributed by atoms with Crippen LogP contribution in [-0.2, 0) is 10.2 Å². The van der Waals surface area contributed by atoms with Crippen LogP contribution in [0.15, 0.2) is 54.6 Å². The average Bonchev–Trinajstić information content (AvgIpc) is 2.55. The summed E-state index contributed by atoms with van der Waals surface area (Å²) in [6, 6.07) is 16.7. The van der Waals surface area contributed by atoms with Crippen molar-refractivity contribution >= 4 is 23.3 Å². The highest BCUT2D eigenvalue weighted by Gasteiger charge is 2.13. The highest BCUT2D eigenvalue weighted by Crippen LogP contribution is 2.23. The van der Waals surface area contributed by atoms with Gasteiger partial charge in [0.25, 0.3) is 0 Å². The summed E-state index contributed by atoms with van der Waals surface area (Å²) in [4.78, 5) is 23.7. The number of amides is 3. The molecule has 3 N–H and O–H groups in total. The molecule has 3 amide bonds. The summed E-state index contributed by atoms with van der Waals surface area (Å²) in [6.45, 7) is 6.71. The van der Waals surface area contributed by atoms with Crippen molar-refractivity contribution in [2.45, 2.75) is 32.6 Å². The van der Waals surface area contributed by atoms with Gasteiger partial charge in [0.2, 0.25) is 5.91 Å². The van der Waals surface area contributed by atoms with E-state index in [0.717, 1.165) is 5.69 Å². The van der Waals surface area contributed by atoms with Gasteiger partial charge in [-0.25, -0.2) is 4.79 Å². The van der Waals surface area contributed by atoms with E-state index in [4.69, 9.17) is 0 Å². The SMILES string of the molecule is CC(C)(C)c1ccc(NC(=O)CCNC(=O)Nc2ccccc2)cc1. The van der Waals surface area contributed by atoms with Gasteiger partial charge in [-0.1, -0.05) is 51.1 Å². The quantitative estimate of drug-likeness (QED) is 0.766. The number of urea groups is 1. The lowest BCUT2D eigenvalue weighted by Crippen LogP contribution is -2.31. The van der Waals surface area contributed by atoms with Crippen molar-refractivity contribution in [3.63, 3.8) is 0 Å². The number of anilines is 2. The van der Waals surface area contributed by atoms with Crippen molar-refractivity contribution in [2.24, 2.45) is 0 Å². The molecular formula is C20H25N3O2. The van der Waals surface area contributed by atoms with Gasteiger partial charge in [0.1, 0.15) is 0 Å². The van der Waals surface area contributed by atoms with Crippen molar-refractivity contribution in [2.75, 3.05) is 17.2 Å². The number of nitrogens with one attached hydrogen (secondary N) is 3. The molecule has 0 saturated carbocycles. The fourth-order valence-corrected chi connectivity index (χ4v) is 2.26. The summed E-state index contributed by atoms with van der Waals surface area (Å²) in [5.74, 6) is -0.136. The molecule has 2 aromatic carbocycles. The number of hydrogen-bond donors (Lipinski definition) is 3. The normalized spacial score (nSPS) is 10.8. The molecule has 5 nitrogen and oxygen atoms in total. The standard InChI is InChI=1S/C20H25N3O2/c1-20(2,3)15-9-11-17(12-10-15)22-18(24)13-14-21-19(25)23-16-7-5-4-6-8-16/h4-12H,13-14H2,1-3H3,(H,22,24)(H2,21,23,25). The summed E-state index contributed by atoms with van der Waals surface area (Å²) < 4.78 is 0. The van der Waals surface area contributed by atoms with Gasteiger partial charge in [0, 0.05) is 24.3 Å². The predicted molar refractivity (Wildman–Crippen MR) is 102 cm³/mol. The fraction of sp³-hybridized carbons (Fsp3) is 0.300. The number of carbonyl (C=O) groups excluding carboxylic acids is 2. The zero-order valence-electron chi connectivity index (χ0n) is 14.9. The molecule has 0 radical (unpaired) electrons. The molecule has 132 valence electrons. The Morgan fingerprint density at radius 2 is 1.44 bits per heavy atom. The summed E-state index contributed by atoms with van der Waals surface area (Å²) in [5, 5.41) is 8.20. The lowest BCUT2D eigenvalue weighted by atomic mass is 9.87. The van der Waals surface area contributed by atoms with Crippen LogP contribution in [0.3, 0.4) is 0 Å². The molecule has 5 heteroatoms. The predicted octanol–water partition coefficient (Wildman–Crippen LogP) is 4.13. The first-order chi connectivity index (χ1) is 11.8. The minimum absolute atomic E-state index is 0.0819. The first kappa shape index (κ1) is 18.5. The third-order valence-corrected chi connectivity index (χ3v) is 3.70. The van der Waals surface area contributed by atoms with E-state index in [9.17, 15) is 9.59 Å². The van der Waals surface area contributed by atoms with Crippen LogP contribution in [0.2, 0.25) is 0 Å². The highest BCUT2D eigenvalue weighted by molar-refractivity contribution is 5.92. The van der Waals surface area contributed by atoms with Gasteiger partial charge >= 0.3 is 6.03 Å². The number of rotatable bonds is 5. The maximum atomic E-state index is 12.0. The third kappa shape index (κ3) is 6.30. The maximum absolute atomic E-state index is 12.0. The summed E-state index contributed by atoms with van der Waals surface area (Å²) in [5.41, 5.74) is 2.76. The number of carbonyl (C=O) groups is 2. The monoisotopic (exact) mass is 339 g/mol. The van der Waals surface area contributed by atoms with Gasteiger partial charge in [0.05, 0.1) is 0 Å². The minimum atomic E-state index is -0.325. The van der Waals surface area contributed by atoms with Crippen LogP contribution in [0.4, 0.5) is 16.2 Å². The molecule has 25 heavy (non-hydrogen) atoms. The van der Waals surface area contributed by atoms with E-state index in [1.807, 2.05) is 42.5 Å². The van der Waals surface area contributed by atoms with Crippen LogP contribution in [0.1, 0.15) is 32.8 Å². The van der Waals surface area contributed by atoms with Crippen molar-refractivity contribution < 1.29 is 9.59 Å². The van der Waals surface area contributed by atoms with Crippen molar-refractivity contribution in [1.82, 2.24) is 5.32 Å². The fourth-order valence-electron chi connectivity index (χ4n) is 2.26. The van der Waals surface area contributed by atoms with Gasteiger partial charge in [-0.2, -0.15) is 0 Å². The van der Waals surface area contributed by atoms with Gasteiger partial charge in [-0.05, 0) is 35.2 Å². The Bertz CT molecular complexity index is 704. The van der Waals surface area contributed by atoms with Crippen molar-refractivity contribution in [3.8, 4) is 0 Å².